The monoisotopic (exact) mass is 492 g/mol. The molecule has 36 heavy (non-hydrogen) atoms. The van der Waals surface area contributed by atoms with Crippen LogP contribution in [-0.2, 0) is 9.59 Å². The van der Waals surface area contributed by atoms with Gasteiger partial charge in [-0.05, 0) is 57.9 Å². The number of ether oxygens (including phenoxy) is 1. The van der Waals surface area contributed by atoms with E-state index in [0.29, 0.717) is 28.3 Å². The molecule has 1 atom stereocenters. The second-order valence-corrected chi connectivity index (χ2v) is 8.91. The quantitative estimate of drug-likeness (QED) is 0.271. The fraction of sp³-hybridized carbons (Fsp3) is 0.308. The van der Waals surface area contributed by atoms with Crippen LogP contribution < -0.4 is 15.0 Å². The number of carbonyl (C=O) groups is 3. The largest absolute Gasteiger partial charge is 0.507 e. The number of aromatic amines is 1. The van der Waals surface area contributed by atoms with Gasteiger partial charge in [0.2, 0.25) is 0 Å². The molecule has 0 radical (unpaired) electrons. The number of aliphatic hydroxyl groups is 1. The first kappa shape index (κ1) is 24.8. The van der Waals surface area contributed by atoms with Crippen molar-refractivity contribution in [1.29, 1.82) is 0 Å². The molecule has 3 N–H and O–H groups in total. The molecule has 1 unspecified atom stereocenters. The van der Waals surface area contributed by atoms with Gasteiger partial charge in [0.05, 0.1) is 17.7 Å². The SMILES string of the molecule is CNC(=O)c1[nH]c(C)c(/C(O)=C2\C(=O)C(=O)N(c3cc(C)on3)C2c2cccc(OC(C)C)c2)c1C. The van der Waals surface area contributed by atoms with Gasteiger partial charge in [-0.15, -0.1) is 0 Å². The van der Waals surface area contributed by atoms with Crippen LogP contribution in [0.5, 0.6) is 5.75 Å². The van der Waals surface area contributed by atoms with Gasteiger partial charge in [0.15, 0.2) is 5.82 Å². The molecule has 1 aliphatic heterocycles. The summed E-state index contributed by atoms with van der Waals surface area (Å²) in [4.78, 5) is 43.1. The van der Waals surface area contributed by atoms with Crippen LogP contribution >= 0.6 is 0 Å². The predicted octanol–water partition coefficient (Wildman–Crippen LogP) is 3.70. The van der Waals surface area contributed by atoms with Crippen molar-refractivity contribution in [2.45, 2.75) is 46.8 Å². The summed E-state index contributed by atoms with van der Waals surface area (Å²) in [6.07, 6.45) is -0.0990. The lowest BCUT2D eigenvalue weighted by Gasteiger charge is -2.23. The third-order valence-electron chi connectivity index (χ3n) is 5.98. The fourth-order valence-corrected chi connectivity index (χ4v) is 4.47. The molecule has 1 saturated heterocycles. The van der Waals surface area contributed by atoms with Gasteiger partial charge in [0, 0.05) is 24.4 Å². The number of nitrogens with one attached hydrogen (secondary N) is 2. The van der Waals surface area contributed by atoms with Crippen LogP contribution in [0.3, 0.4) is 0 Å². The number of amides is 2. The first-order valence-electron chi connectivity index (χ1n) is 11.5. The Morgan fingerprint density at radius 1 is 1.22 bits per heavy atom. The number of anilines is 1. The number of aryl methyl sites for hydroxylation is 2. The zero-order chi connectivity index (χ0) is 26.3. The standard InChI is InChI=1S/C26H28N4O6/c1-12(2)35-17-9-7-8-16(11-17)22-20(24(32)26(34)30(22)18-10-13(3)36-29-18)23(31)19-14(4)21(25(33)27-6)28-15(19)5/h7-12,22,28,31H,1-6H3,(H,27,33)/b23-20+. The highest BCUT2D eigenvalue weighted by Gasteiger charge is 2.48. The first-order valence-corrected chi connectivity index (χ1v) is 11.5. The minimum absolute atomic E-state index is 0.0990. The van der Waals surface area contributed by atoms with Crippen LogP contribution in [0.2, 0.25) is 0 Å². The van der Waals surface area contributed by atoms with Gasteiger partial charge < -0.3 is 24.7 Å². The molecule has 188 valence electrons. The summed E-state index contributed by atoms with van der Waals surface area (Å²) in [6, 6.07) is 7.51. The van der Waals surface area contributed by atoms with Gasteiger partial charge in [-0.1, -0.05) is 17.3 Å². The van der Waals surface area contributed by atoms with Crippen LogP contribution in [0.15, 0.2) is 40.4 Å². The Labute approximate surface area is 207 Å². The minimum atomic E-state index is -1.01. The molecule has 0 spiro atoms. The Balaban J connectivity index is 1.97. The highest BCUT2D eigenvalue weighted by molar-refractivity contribution is 6.51. The van der Waals surface area contributed by atoms with E-state index in [0.717, 1.165) is 0 Å². The van der Waals surface area contributed by atoms with Gasteiger partial charge in [0.1, 0.15) is 23.0 Å². The number of rotatable bonds is 6. The number of aliphatic hydroxyl groups excluding tert-OH is 1. The van der Waals surface area contributed by atoms with E-state index in [1.165, 1.54) is 11.9 Å². The lowest BCUT2D eigenvalue weighted by Crippen LogP contribution is -2.29. The lowest BCUT2D eigenvalue weighted by molar-refractivity contribution is -0.132. The maximum Gasteiger partial charge on any atom is 0.301 e. The van der Waals surface area contributed by atoms with Crippen LogP contribution in [0.4, 0.5) is 5.82 Å². The second kappa shape index (κ2) is 9.37. The average molecular weight is 493 g/mol. The van der Waals surface area contributed by atoms with Crippen LogP contribution in [-0.4, -0.2) is 46.0 Å². The minimum Gasteiger partial charge on any atom is -0.507 e. The number of ketones is 1. The Kier molecular flexibility index (Phi) is 6.45. The Morgan fingerprint density at radius 3 is 2.56 bits per heavy atom. The molecule has 4 rings (SSSR count). The van der Waals surface area contributed by atoms with Crippen LogP contribution in [0.25, 0.3) is 5.76 Å². The van der Waals surface area contributed by atoms with E-state index in [1.54, 1.807) is 51.1 Å². The number of carbonyl (C=O) groups excluding carboxylic acids is 3. The zero-order valence-corrected chi connectivity index (χ0v) is 20.9. The van der Waals surface area contributed by atoms with E-state index in [4.69, 9.17) is 9.26 Å². The number of nitrogens with zero attached hydrogens (tertiary/aromatic N) is 2. The fourth-order valence-electron chi connectivity index (χ4n) is 4.47. The molecule has 1 aromatic carbocycles. The highest BCUT2D eigenvalue weighted by atomic mass is 16.5. The number of H-pyrrole nitrogens is 1. The zero-order valence-electron chi connectivity index (χ0n) is 20.9. The summed E-state index contributed by atoms with van der Waals surface area (Å²) in [6.45, 7) is 8.78. The van der Waals surface area contributed by atoms with Crippen molar-refractivity contribution >= 4 is 29.2 Å². The maximum absolute atomic E-state index is 13.4. The van der Waals surface area contributed by atoms with Crippen molar-refractivity contribution < 1.29 is 28.8 Å². The summed E-state index contributed by atoms with van der Waals surface area (Å²) in [5, 5.41) is 18.0. The molecule has 0 saturated carbocycles. The summed E-state index contributed by atoms with van der Waals surface area (Å²) in [7, 11) is 1.50. The van der Waals surface area contributed by atoms with E-state index >= 15 is 0 Å². The van der Waals surface area contributed by atoms with Gasteiger partial charge in [-0.3, -0.25) is 19.3 Å². The maximum atomic E-state index is 13.4. The molecule has 3 aromatic rings. The third kappa shape index (κ3) is 4.15. The van der Waals surface area contributed by atoms with Crippen molar-refractivity contribution in [2.24, 2.45) is 0 Å². The number of benzene rings is 1. The molecular weight excluding hydrogens is 464 g/mol. The molecule has 1 aliphatic rings. The van der Waals surface area contributed by atoms with Crippen LogP contribution in [0.1, 0.15) is 58.5 Å². The molecule has 3 heterocycles. The number of Topliss-reactive ketones (excluding diaryl/α,β-unsaturated/α-hetero) is 1. The summed E-state index contributed by atoms with van der Waals surface area (Å²) < 4.78 is 11.0. The molecule has 10 heteroatoms. The predicted molar refractivity (Wildman–Crippen MR) is 132 cm³/mol. The summed E-state index contributed by atoms with van der Waals surface area (Å²) >= 11 is 0. The molecule has 1 fully saturated rings. The normalized spacial score (nSPS) is 17.2. The number of hydrogen-bond acceptors (Lipinski definition) is 7. The van der Waals surface area contributed by atoms with E-state index < -0.39 is 23.5 Å². The van der Waals surface area contributed by atoms with Crippen LogP contribution in [0, 0.1) is 20.8 Å². The Bertz CT molecular complexity index is 1400. The van der Waals surface area contributed by atoms with E-state index in [-0.39, 0.29) is 34.7 Å². The van der Waals surface area contributed by atoms with Crippen molar-refractivity contribution in [2.75, 3.05) is 11.9 Å². The smallest absolute Gasteiger partial charge is 0.301 e. The van der Waals surface area contributed by atoms with Gasteiger partial charge >= 0.3 is 5.91 Å². The van der Waals surface area contributed by atoms with E-state index in [2.05, 4.69) is 15.5 Å². The van der Waals surface area contributed by atoms with E-state index in [9.17, 15) is 19.5 Å². The number of hydrogen-bond donors (Lipinski definition) is 3. The molecule has 2 amide bonds. The van der Waals surface area contributed by atoms with Crippen molar-refractivity contribution in [1.82, 2.24) is 15.5 Å². The Hall–Kier alpha value is -4.34. The Morgan fingerprint density at radius 2 is 1.94 bits per heavy atom. The van der Waals surface area contributed by atoms with Gasteiger partial charge in [-0.2, -0.15) is 0 Å². The molecule has 0 bridgehead atoms. The van der Waals surface area contributed by atoms with E-state index in [1.807, 2.05) is 13.8 Å². The lowest BCUT2D eigenvalue weighted by atomic mass is 9.94. The van der Waals surface area contributed by atoms with Gasteiger partial charge in [0.25, 0.3) is 11.7 Å². The second-order valence-electron chi connectivity index (χ2n) is 8.91. The van der Waals surface area contributed by atoms with Crippen molar-refractivity contribution in [3.05, 3.63) is 69.7 Å². The average Bonchev–Trinajstić information content (AvgIpc) is 3.46. The first-order chi connectivity index (χ1) is 17.0. The molecule has 0 aliphatic carbocycles. The highest BCUT2D eigenvalue weighted by Crippen LogP contribution is 2.43. The summed E-state index contributed by atoms with van der Waals surface area (Å²) in [5.74, 6) is -1.36. The summed E-state index contributed by atoms with van der Waals surface area (Å²) in [5.41, 5.74) is 1.86. The number of aromatic nitrogens is 2. The topological polar surface area (TPSA) is 138 Å². The molecule has 2 aromatic heterocycles. The third-order valence-corrected chi connectivity index (χ3v) is 5.98. The molecule has 10 nitrogen and oxygen atoms in total. The van der Waals surface area contributed by atoms with Gasteiger partial charge in [-0.25, -0.2) is 0 Å². The molecular formula is C26H28N4O6. The van der Waals surface area contributed by atoms with Crippen molar-refractivity contribution in [3.63, 3.8) is 0 Å². The van der Waals surface area contributed by atoms with Crippen molar-refractivity contribution in [3.8, 4) is 5.75 Å².